The van der Waals surface area contributed by atoms with E-state index in [1.54, 1.807) is 0 Å². The Morgan fingerprint density at radius 3 is 2.12 bits per heavy atom. The zero-order valence-electron chi connectivity index (χ0n) is 7.55. The molecule has 3 N–H and O–H groups in total. The average molecular weight is 224 g/mol. The largest absolute Gasteiger partial charge is 0.504 e. The van der Waals surface area contributed by atoms with Crippen LogP contribution < -0.4 is 5.43 Å². The summed E-state index contributed by atoms with van der Waals surface area (Å²) in [6, 6.07) is 0.608. The van der Waals surface area contributed by atoms with E-state index in [4.69, 9.17) is 5.11 Å². The first kappa shape index (κ1) is 9.97. The van der Waals surface area contributed by atoms with Gasteiger partial charge >= 0.3 is 11.9 Å². The molecule has 0 amide bonds. The highest BCUT2D eigenvalue weighted by Crippen LogP contribution is 2.37. The molecule has 2 rings (SSSR count). The highest BCUT2D eigenvalue weighted by atomic mass is 16.6. The molecule has 7 heteroatoms. The first-order valence-corrected chi connectivity index (χ1v) is 4.02. The molecule has 1 aliphatic rings. The van der Waals surface area contributed by atoms with Crippen LogP contribution in [0, 0.1) is 0 Å². The van der Waals surface area contributed by atoms with Crippen LogP contribution in [0.5, 0.6) is 17.2 Å². The molecule has 1 aliphatic heterocycles. The van der Waals surface area contributed by atoms with Gasteiger partial charge < -0.3 is 20.1 Å². The van der Waals surface area contributed by atoms with Gasteiger partial charge in [0.15, 0.2) is 5.75 Å². The zero-order chi connectivity index (χ0) is 12.0. The molecular weight excluding hydrogens is 220 g/mol. The molecule has 0 saturated heterocycles. The van der Waals surface area contributed by atoms with Gasteiger partial charge in [-0.1, -0.05) is 0 Å². The average Bonchev–Trinajstić information content (AvgIpc) is 2.46. The standard InChI is InChI=1S/C9H4O7/c10-3-1-2-4(9(15)16-8(2)14)6(12)7(13)5(3)11/h1H,(H3,10,11,12,13). The molecule has 1 aromatic rings. The summed E-state index contributed by atoms with van der Waals surface area (Å²) in [6.07, 6.45) is 0. The number of esters is 2. The van der Waals surface area contributed by atoms with Crippen molar-refractivity contribution < 1.29 is 29.6 Å². The van der Waals surface area contributed by atoms with Crippen molar-refractivity contribution in [1.29, 1.82) is 0 Å². The molecule has 0 spiro atoms. The molecule has 0 saturated carbocycles. The minimum atomic E-state index is -1.19. The quantitative estimate of drug-likeness (QED) is 0.400. The zero-order valence-corrected chi connectivity index (χ0v) is 7.55. The van der Waals surface area contributed by atoms with Gasteiger partial charge in [0.2, 0.25) is 16.9 Å². The summed E-state index contributed by atoms with van der Waals surface area (Å²) in [6.45, 7) is 0. The maximum absolute atomic E-state index is 11.2. The highest BCUT2D eigenvalue weighted by molar-refractivity contribution is 6.16. The minimum Gasteiger partial charge on any atom is -0.504 e. The number of aromatic hydroxyl groups is 3. The molecule has 7 nitrogen and oxygen atoms in total. The second-order valence-corrected chi connectivity index (χ2v) is 3.02. The Kier molecular flexibility index (Phi) is 1.84. The second kappa shape index (κ2) is 2.96. The predicted octanol–water partition coefficient (Wildman–Crippen LogP) is -0.526. The fourth-order valence-corrected chi connectivity index (χ4v) is 1.30. The van der Waals surface area contributed by atoms with E-state index in [1.807, 2.05) is 0 Å². The molecule has 0 bridgehead atoms. The lowest BCUT2D eigenvalue weighted by molar-refractivity contribution is 0.0442. The van der Waals surface area contributed by atoms with E-state index in [9.17, 15) is 24.6 Å². The van der Waals surface area contributed by atoms with Crippen molar-refractivity contribution in [3.63, 3.8) is 0 Å². The van der Waals surface area contributed by atoms with Crippen LogP contribution in [-0.2, 0) is 4.74 Å². The summed E-state index contributed by atoms with van der Waals surface area (Å²) in [5.41, 5.74) is -2.25. The summed E-state index contributed by atoms with van der Waals surface area (Å²) < 4.78 is 4.13. The molecule has 0 fully saturated rings. The number of carbonyl (C=O) groups excluding carboxylic acids is 2. The summed E-state index contributed by atoms with van der Waals surface area (Å²) >= 11 is 0. The van der Waals surface area contributed by atoms with Crippen molar-refractivity contribution in [3.05, 3.63) is 27.4 Å². The number of rotatable bonds is 0. The summed E-state index contributed by atoms with van der Waals surface area (Å²) in [7, 11) is 0. The fourth-order valence-electron chi connectivity index (χ4n) is 1.30. The molecule has 0 radical (unpaired) electrons. The van der Waals surface area contributed by atoms with E-state index >= 15 is 0 Å². The maximum atomic E-state index is 11.2. The molecule has 0 atom stereocenters. The third kappa shape index (κ3) is 1.11. The van der Waals surface area contributed by atoms with Gasteiger partial charge in [0.05, 0.1) is 5.56 Å². The molecule has 0 aromatic heterocycles. The van der Waals surface area contributed by atoms with E-state index in [1.165, 1.54) is 0 Å². The molecule has 82 valence electrons. The molecule has 16 heavy (non-hydrogen) atoms. The van der Waals surface area contributed by atoms with Crippen LogP contribution in [0.2, 0.25) is 0 Å². The lowest BCUT2D eigenvalue weighted by Crippen LogP contribution is -2.01. The molecule has 1 heterocycles. The Morgan fingerprint density at radius 2 is 1.50 bits per heavy atom. The van der Waals surface area contributed by atoms with E-state index in [-0.39, 0.29) is 0 Å². The van der Waals surface area contributed by atoms with Crippen LogP contribution in [-0.4, -0.2) is 27.3 Å². The third-order valence-electron chi connectivity index (χ3n) is 2.07. The fraction of sp³-hybridized carbons (Fsp3) is 0. The SMILES string of the molecule is O=C1OC(=O)c2c1cc(=O)c(O)c(O)c2O. The lowest BCUT2D eigenvalue weighted by Gasteiger charge is -1.95. The van der Waals surface area contributed by atoms with E-state index in [2.05, 4.69) is 4.74 Å². The van der Waals surface area contributed by atoms with Crippen molar-refractivity contribution in [2.75, 3.05) is 0 Å². The van der Waals surface area contributed by atoms with Gasteiger partial charge in [-0.15, -0.1) is 0 Å². The minimum absolute atomic E-state index is 0.497. The van der Waals surface area contributed by atoms with Crippen LogP contribution in [0.1, 0.15) is 20.7 Å². The van der Waals surface area contributed by atoms with Crippen molar-refractivity contribution in [2.24, 2.45) is 0 Å². The Balaban J connectivity index is 3.01. The number of fused-ring (bicyclic) bond motifs is 1. The first-order valence-electron chi connectivity index (χ1n) is 4.02. The van der Waals surface area contributed by atoms with Crippen molar-refractivity contribution >= 4 is 11.9 Å². The molecular formula is C9H4O7. The van der Waals surface area contributed by atoms with E-state index < -0.39 is 45.7 Å². The molecule has 0 aliphatic carbocycles. The van der Waals surface area contributed by atoms with Gasteiger partial charge in [0.25, 0.3) is 0 Å². The van der Waals surface area contributed by atoms with Gasteiger partial charge in [-0.05, 0) is 0 Å². The highest BCUT2D eigenvalue weighted by Gasteiger charge is 2.35. The van der Waals surface area contributed by atoms with Gasteiger partial charge in [0, 0.05) is 6.07 Å². The number of hydrogen-bond acceptors (Lipinski definition) is 7. The first-order chi connectivity index (χ1) is 7.43. The van der Waals surface area contributed by atoms with Gasteiger partial charge in [-0.3, -0.25) is 4.79 Å². The van der Waals surface area contributed by atoms with Crippen molar-refractivity contribution in [2.45, 2.75) is 0 Å². The van der Waals surface area contributed by atoms with Crippen LogP contribution in [0.4, 0.5) is 0 Å². The summed E-state index contributed by atoms with van der Waals surface area (Å²) in [4.78, 5) is 33.4. The monoisotopic (exact) mass is 224 g/mol. The Labute approximate surface area is 87.1 Å². The van der Waals surface area contributed by atoms with Crippen LogP contribution >= 0.6 is 0 Å². The van der Waals surface area contributed by atoms with Gasteiger partial charge in [-0.25, -0.2) is 9.59 Å². The predicted molar refractivity (Wildman–Crippen MR) is 47.5 cm³/mol. The molecule has 1 aromatic carbocycles. The Morgan fingerprint density at radius 1 is 0.875 bits per heavy atom. The van der Waals surface area contributed by atoms with E-state index in [0.717, 1.165) is 0 Å². The summed E-state index contributed by atoms with van der Waals surface area (Å²) in [5, 5.41) is 27.7. The Hall–Kier alpha value is -2.57. The van der Waals surface area contributed by atoms with Gasteiger partial charge in [0.1, 0.15) is 5.56 Å². The number of ether oxygens (including phenoxy) is 1. The van der Waals surface area contributed by atoms with E-state index in [0.29, 0.717) is 6.07 Å². The second-order valence-electron chi connectivity index (χ2n) is 3.02. The van der Waals surface area contributed by atoms with Crippen molar-refractivity contribution in [1.82, 2.24) is 0 Å². The third-order valence-corrected chi connectivity index (χ3v) is 2.07. The van der Waals surface area contributed by atoms with Crippen LogP contribution in [0.15, 0.2) is 10.9 Å². The van der Waals surface area contributed by atoms with Crippen molar-refractivity contribution in [3.8, 4) is 17.2 Å². The maximum Gasteiger partial charge on any atom is 0.350 e. The topological polar surface area (TPSA) is 121 Å². The Bertz CT molecular complexity index is 587. The number of carbonyl (C=O) groups is 2. The molecule has 0 unspecified atom stereocenters. The van der Waals surface area contributed by atoms with Crippen LogP contribution in [0.25, 0.3) is 0 Å². The summed E-state index contributed by atoms with van der Waals surface area (Å²) in [5.74, 6) is -5.69. The smallest absolute Gasteiger partial charge is 0.350 e. The lowest BCUT2D eigenvalue weighted by atomic mass is 10.1. The number of hydrogen-bond donors (Lipinski definition) is 3. The normalized spacial score (nSPS) is 13.5. The van der Waals surface area contributed by atoms with Gasteiger partial charge in [-0.2, -0.15) is 0 Å². The van der Waals surface area contributed by atoms with Crippen LogP contribution in [0.3, 0.4) is 0 Å². The number of cyclic esters (lactones) is 2.